The molecular formula is C22H33N3O4. The number of carbonyl (C=O) groups is 1. The molecule has 2 N–H and O–H groups in total. The lowest BCUT2D eigenvalue weighted by Gasteiger charge is -2.38. The van der Waals surface area contributed by atoms with Gasteiger partial charge in [0.2, 0.25) is 0 Å². The van der Waals surface area contributed by atoms with Gasteiger partial charge in [0.05, 0.1) is 25.0 Å². The molecule has 0 spiro atoms. The second-order valence-electron chi connectivity index (χ2n) is 8.40. The minimum Gasteiger partial charge on any atom is -0.495 e. The Morgan fingerprint density at radius 2 is 1.93 bits per heavy atom. The Labute approximate surface area is 173 Å². The van der Waals surface area contributed by atoms with E-state index in [1.54, 1.807) is 7.11 Å². The number of rotatable bonds is 7. The fourth-order valence-electron chi connectivity index (χ4n) is 4.26. The van der Waals surface area contributed by atoms with Crippen LogP contribution in [-0.2, 0) is 9.53 Å². The average molecular weight is 404 g/mol. The maximum absolute atomic E-state index is 12.3. The Morgan fingerprint density at radius 1 is 1.17 bits per heavy atom. The van der Waals surface area contributed by atoms with E-state index in [0.717, 1.165) is 69.8 Å². The number of hydrogen-bond acceptors (Lipinski definition) is 6. The lowest BCUT2D eigenvalue weighted by Crippen LogP contribution is -2.50. The molecule has 2 aliphatic heterocycles. The lowest BCUT2D eigenvalue weighted by molar-refractivity contribution is -0.158. The van der Waals surface area contributed by atoms with E-state index >= 15 is 0 Å². The summed E-state index contributed by atoms with van der Waals surface area (Å²) >= 11 is 0. The van der Waals surface area contributed by atoms with Crippen molar-refractivity contribution in [3.8, 4) is 5.75 Å². The molecule has 0 aromatic heterocycles. The van der Waals surface area contributed by atoms with Gasteiger partial charge in [0.25, 0.3) is 5.91 Å². The second kappa shape index (κ2) is 9.32. The van der Waals surface area contributed by atoms with Crippen LogP contribution in [-0.4, -0.2) is 80.1 Å². The standard InChI is InChI=1S/C22H33N3O4/c1-28-20-5-3-2-4-18(20)25-14-12-24(13-15-25)11-10-17-8-9-19(26)21(29-17)22(27)23-16-6-7-16/h2-5,16-17,19,21,26H,6-15H2,1H3,(H,23,27). The van der Waals surface area contributed by atoms with Crippen LogP contribution in [0.4, 0.5) is 5.69 Å². The van der Waals surface area contributed by atoms with E-state index in [1.807, 2.05) is 12.1 Å². The maximum atomic E-state index is 12.3. The molecule has 0 bridgehead atoms. The summed E-state index contributed by atoms with van der Waals surface area (Å²) in [4.78, 5) is 17.1. The SMILES string of the molecule is COc1ccccc1N1CCN(CCC2CCC(O)C(C(=O)NC3CC3)O2)CC1. The van der Waals surface area contributed by atoms with Gasteiger partial charge >= 0.3 is 0 Å². The monoisotopic (exact) mass is 403 g/mol. The van der Waals surface area contributed by atoms with Crippen LogP contribution >= 0.6 is 0 Å². The third kappa shape index (κ3) is 5.21. The predicted molar refractivity (Wildman–Crippen MR) is 111 cm³/mol. The van der Waals surface area contributed by atoms with Gasteiger partial charge in [-0.05, 0) is 44.2 Å². The van der Waals surface area contributed by atoms with Gasteiger partial charge in [-0.3, -0.25) is 9.69 Å². The molecule has 1 aromatic carbocycles. The number of hydrogen-bond donors (Lipinski definition) is 2. The molecule has 2 saturated heterocycles. The van der Waals surface area contributed by atoms with Gasteiger partial charge in [0, 0.05) is 38.8 Å². The van der Waals surface area contributed by atoms with Gasteiger partial charge in [-0.15, -0.1) is 0 Å². The Morgan fingerprint density at radius 3 is 2.66 bits per heavy atom. The molecule has 4 rings (SSSR count). The van der Waals surface area contributed by atoms with Crippen molar-refractivity contribution in [1.82, 2.24) is 10.2 Å². The minimum atomic E-state index is -0.711. The summed E-state index contributed by atoms with van der Waals surface area (Å²) in [6.07, 6.45) is 3.07. The topological polar surface area (TPSA) is 74.3 Å². The maximum Gasteiger partial charge on any atom is 0.252 e. The van der Waals surface area contributed by atoms with Crippen LogP contribution in [0.5, 0.6) is 5.75 Å². The molecule has 7 heteroatoms. The van der Waals surface area contributed by atoms with Crippen molar-refractivity contribution in [2.24, 2.45) is 0 Å². The number of ether oxygens (including phenoxy) is 2. The third-order valence-electron chi connectivity index (χ3n) is 6.22. The number of carbonyl (C=O) groups excluding carboxylic acids is 1. The molecule has 3 atom stereocenters. The molecule has 2 heterocycles. The van der Waals surface area contributed by atoms with E-state index in [1.165, 1.54) is 0 Å². The molecule has 7 nitrogen and oxygen atoms in total. The van der Waals surface area contributed by atoms with E-state index in [9.17, 15) is 9.90 Å². The van der Waals surface area contributed by atoms with Gasteiger partial charge < -0.3 is 24.8 Å². The number of benzene rings is 1. The third-order valence-corrected chi connectivity index (χ3v) is 6.22. The number of nitrogens with zero attached hydrogens (tertiary/aromatic N) is 2. The van der Waals surface area contributed by atoms with Crippen molar-refractivity contribution in [2.45, 2.75) is 56.5 Å². The summed E-state index contributed by atoms with van der Waals surface area (Å²) in [6, 6.07) is 8.46. The zero-order valence-corrected chi connectivity index (χ0v) is 17.3. The average Bonchev–Trinajstić information content (AvgIpc) is 3.57. The van der Waals surface area contributed by atoms with E-state index in [4.69, 9.17) is 9.47 Å². The van der Waals surface area contributed by atoms with E-state index in [0.29, 0.717) is 12.5 Å². The summed E-state index contributed by atoms with van der Waals surface area (Å²) in [6.45, 7) is 4.89. The zero-order valence-electron chi connectivity index (χ0n) is 17.3. The number of amides is 1. The van der Waals surface area contributed by atoms with Gasteiger partial charge in [-0.1, -0.05) is 12.1 Å². The Bertz CT molecular complexity index is 688. The van der Waals surface area contributed by atoms with Crippen molar-refractivity contribution in [2.75, 3.05) is 44.7 Å². The summed E-state index contributed by atoms with van der Waals surface area (Å²) in [7, 11) is 1.72. The number of anilines is 1. The minimum absolute atomic E-state index is 0.0422. The fourth-order valence-corrected chi connectivity index (χ4v) is 4.26. The predicted octanol–water partition coefficient (Wildman–Crippen LogP) is 1.39. The summed E-state index contributed by atoms with van der Waals surface area (Å²) in [5, 5.41) is 13.1. The fraction of sp³-hybridized carbons (Fsp3) is 0.682. The van der Waals surface area contributed by atoms with Crippen LogP contribution in [0.15, 0.2) is 24.3 Å². The zero-order chi connectivity index (χ0) is 20.2. The first-order valence-corrected chi connectivity index (χ1v) is 10.9. The van der Waals surface area contributed by atoms with Crippen LogP contribution in [0.1, 0.15) is 32.1 Å². The molecule has 1 aliphatic carbocycles. The first-order valence-electron chi connectivity index (χ1n) is 10.9. The van der Waals surface area contributed by atoms with Crippen LogP contribution in [0, 0.1) is 0 Å². The molecule has 1 aromatic rings. The number of para-hydroxylation sites is 2. The highest BCUT2D eigenvalue weighted by Crippen LogP contribution is 2.29. The number of aliphatic hydroxyl groups is 1. The molecule has 1 amide bonds. The van der Waals surface area contributed by atoms with E-state index in [2.05, 4.69) is 27.2 Å². The molecule has 3 fully saturated rings. The highest BCUT2D eigenvalue weighted by atomic mass is 16.5. The molecule has 0 radical (unpaired) electrons. The van der Waals surface area contributed by atoms with Gasteiger partial charge in [-0.2, -0.15) is 0 Å². The van der Waals surface area contributed by atoms with E-state index < -0.39 is 12.2 Å². The lowest BCUT2D eigenvalue weighted by atomic mass is 9.98. The highest BCUT2D eigenvalue weighted by Gasteiger charge is 2.37. The normalized spacial score (nSPS) is 28.2. The number of nitrogens with one attached hydrogen (secondary N) is 1. The van der Waals surface area contributed by atoms with Gasteiger partial charge in [0.15, 0.2) is 6.10 Å². The first-order chi connectivity index (χ1) is 14.1. The van der Waals surface area contributed by atoms with Gasteiger partial charge in [0.1, 0.15) is 5.75 Å². The summed E-state index contributed by atoms with van der Waals surface area (Å²) in [5.41, 5.74) is 1.16. The molecule has 3 unspecified atom stereocenters. The largest absolute Gasteiger partial charge is 0.495 e. The summed E-state index contributed by atoms with van der Waals surface area (Å²) in [5.74, 6) is 0.778. The second-order valence-corrected chi connectivity index (χ2v) is 8.40. The van der Waals surface area contributed by atoms with Crippen LogP contribution in [0.25, 0.3) is 0 Å². The Hall–Kier alpha value is -1.83. The smallest absolute Gasteiger partial charge is 0.252 e. The Balaban J connectivity index is 1.22. The van der Waals surface area contributed by atoms with Crippen molar-refractivity contribution < 1.29 is 19.4 Å². The molecule has 160 valence electrons. The quantitative estimate of drug-likeness (QED) is 0.717. The van der Waals surface area contributed by atoms with Crippen LogP contribution in [0.3, 0.4) is 0 Å². The van der Waals surface area contributed by atoms with Crippen molar-refractivity contribution in [1.29, 1.82) is 0 Å². The summed E-state index contributed by atoms with van der Waals surface area (Å²) < 4.78 is 11.5. The molecule has 3 aliphatic rings. The number of methoxy groups -OCH3 is 1. The number of piperazine rings is 1. The molecule has 29 heavy (non-hydrogen) atoms. The van der Waals surface area contributed by atoms with E-state index in [-0.39, 0.29) is 12.0 Å². The van der Waals surface area contributed by atoms with Crippen molar-refractivity contribution in [3.63, 3.8) is 0 Å². The molecule has 1 saturated carbocycles. The van der Waals surface area contributed by atoms with Crippen molar-refractivity contribution >= 4 is 11.6 Å². The van der Waals surface area contributed by atoms with Crippen LogP contribution in [0.2, 0.25) is 0 Å². The first kappa shape index (κ1) is 20.4. The highest BCUT2D eigenvalue weighted by molar-refractivity contribution is 5.82. The molecular weight excluding hydrogens is 370 g/mol. The van der Waals surface area contributed by atoms with Crippen LogP contribution < -0.4 is 15.0 Å². The Kier molecular flexibility index (Phi) is 6.57. The number of aliphatic hydroxyl groups excluding tert-OH is 1. The van der Waals surface area contributed by atoms with Crippen molar-refractivity contribution in [3.05, 3.63) is 24.3 Å². The van der Waals surface area contributed by atoms with Gasteiger partial charge in [-0.25, -0.2) is 0 Å².